The molecule has 7 heteroatoms. The molecule has 2 saturated heterocycles. The average molecular weight is 453 g/mol. The molecule has 3 atom stereocenters. The predicted molar refractivity (Wildman–Crippen MR) is 126 cm³/mol. The minimum atomic E-state index is -0.117. The number of piperazine rings is 1. The Bertz CT molecular complexity index is 1010. The average Bonchev–Trinajstić information content (AvgIpc) is 3.42. The van der Waals surface area contributed by atoms with Crippen molar-refractivity contribution in [2.45, 2.75) is 50.4 Å². The third kappa shape index (κ3) is 4.40. The summed E-state index contributed by atoms with van der Waals surface area (Å²) in [4.78, 5) is 29.7. The molecule has 3 aliphatic heterocycles. The summed E-state index contributed by atoms with van der Waals surface area (Å²) in [5, 5.41) is 7.39. The summed E-state index contributed by atoms with van der Waals surface area (Å²) in [6.45, 7) is 2.93. The fraction of sp³-hybridized carbons (Fsp3) is 0.440. The van der Waals surface area contributed by atoms with Crippen LogP contribution >= 0.6 is 11.6 Å². The highest BCUT2D eigenvalue weighted by Gasteiger charge is 2.43. The molecule has 32 heavy (non-hydrogen) atoms. The van der Waals surface area contributed by atoms with Crippen LogP contribution < -0.4 is 15.5 Å². The van der Waals surface area contributed by atoms with E-state index in [0.717, 1.165) is 55.2 Å². The molecule has 2 aromatic rings. The maximum atomic E-state index is 13.0. The maximum Gasteiger partial charge on any atom is 0.237 e. The lowest BCUT2D eigenvalue weighted by atomic mass is 10.0. The topological polar surface area (TPSA) is 64.7 Å². The molecule has 0 spiro atoms. The molecule has 3 heterocycles. The summed E-state index contributed by atoms with van der Waals surface area (Å²) < 4.78 is 0. The zero-order chi connectivity index (χ0) is 22.1. The van der Waals surface area contributed by atoms with Gasteiger partial charge in [0.15, 0.2) is 0 Å². The van der Waals surface area contributed by atoms with Crippen molar-refractivity contribution >= 4 is 29.1 Å². The van der Waals surface area contributed by atoms with E-state index in [-0.39, 0.29) is 29.9 Å². The second kappa shape index (κ2) is 9.22. The zero-order valence-electron chi connectivity index (χ0n) is 18.1. The zero-order valence-corrected chi connectivity index (χ0v) is 18.9. The number of carbonyl (C=O) groups is 2. The molecule has 5 rings (SSSR count). The van der Waals surface area contributed by atoms with E-state index in [1.807, 2.05) is 41.3 Å². The minimum Gasteiger partial charge on any atom is -0.353 e. The fourth-order valence-corrected chi connectivity index (χ4v) is 5.54. The number of hydrogen-bond acceptors (Lipinski definition) is 4. The van der Waals surface area contributed by atoms with E-state index in [4.69, 9.17) is 11.6 Å². The van der Waals surface area contributed by atoms with E-state index in [1.165, 1.54) is 5.56 Å². The van der Waals surface area contributed by atoms with E-state index in [9.17, 15) is 9.59 Å². The van der Waals surface area contributed by atoms with Gasteiger partial charge in [-0.1, -0.05) is 41.9 Å². The quantitative estimate of drug-likeness (QED) is 0.707. The summed E-state index contributed by atoms with van der Waals surface area (Å²) in [7, 11) is 0. The van der Waals surface area contributed by atoms with Gasteiger partial charge in [-0.05, 0) is 48.6 Å². The summed E-state index contributed by atoms with van der Waals surface area (Å²) in [5.74, 6) is 0.284. The number of amides is 2. The largest absolute Gasteiger partial charge is 0.353 e. The van der Waals surface area contributed by atoms with Gasteiger partial charge in [-0.15, -0.1) is 0 Å². The van der Waals surface area contributed by atoms with Crippen LogP contribution in [0.15, 0.2) is 48.5 Å². The SMILES string of the molecule is O=C1NC[C@H](CCC(=O)N2CCc3ccccc32)N2C[C@@H](NCc3cccc(Cl)c3)C[C@H]12. The molecule has 2 amide bonds. The van der Waals surface area contributed by atoms with Gasteiger partial charge in [0.1, 0.15) is 0 Å². The Morgan fingerprint density at radius 2 is 2.06 bits per heavy atom. The smallest absolute Gasteiger partial charge is 0.237 e. The Labute approximate surface area is 193 Å². The number of nitrogens with zero attached hydrogens (tertiary/aromatic N) is 2. The molecule has 168 valence electrons. The third-order valence-electron chi connectivity index (χ3n) is 6.99. The van der Waals surface area contributed by atoms with Crippen LogP contribution in [0.1, 0.15) is 30.4 Å². The second-order valence-corrected chi connectivity index (χ2v) is 9.45. The molecule has 0 bridgehead atoms. The van der Waals surface area contributed by atoms with Crippen LogP contribution in [-0.2, 0) is 22.6 Å². The Balaban J connectivity index is 1.17. The maximum absolute atomic E-state index is 13.0. The Morgan fingerprint density at radius 3 is 2.94 bits per heavy atom. The van der Waals surface area contributed by atoms with Crippen molar-refractivity contribution in [1.29, 1.82) is 0 Å². The van der Waals surface area contributed by atoms with Gasteiger partial charge in [-0.2, -0.15) is 0 Å². The van der Waals surface area contributed by atoms with Gasteiger partial charge in [-0.3, -0.25) is 14.5 Å². The summed E-state index contributed by atoms with van der Waals surface area (Å²) in [5.41, 5.74) is 3.44. The lowest BCUT2D eigenvalue weighted by Crippen LogP contribution is -2.58. The molecule has 3 aliphatic rings. The van der Waals surface area contributed by atoms with Crippen molar-refractivity contribution in [3.8, 4) is 0 Å². The number of fused-ring (bicyclic) bond motifs is 2. The van der Waals surface area contributed by atoms with Gasteiger partial charge < -0.3 is 15.5 Å². The molecule has 0 radical (unpaired) electrons. The number of para-hydroxylation sites is 1. The number of nitrogens with one attached hydrogen (secondary N) is 2. The normalized spacial score (nSPS) is 24.8. The monoisotopic (exact) mass is 452 g/mol. The molecule has 0 unspecified atom stereocenters. The van der Waals surface area contributed by atoms with Crippen molar-refractivity contribution in [1.82, 2.24) is 15.5 Å². The van der Waals surface area contributed by atoms with Gasteiger partial charge >= 0.3 is 0 Å². The van der Waals surface area contributed by atoms with Crippen molar-refractivity contribution in [2.75, 3.05) is 24.5 Å². The van der Waals surface area contributed by atoms with Crippen molar-refractivity contribution < 1.29 is 9.59 Å². The van der Waals surface area contributed by atoms with Crippen molar-refractivity contribution in [3.63, 3.8) is 0 Å². The first-order chi connectivity index (χ1) is 15.6. The van der Waals surface area contributed by atoms with E-state index in [0.29, 0.717) is 13.0 Å². The van der Waals surface area contributed by atoms with Gasteiger partial charge in [0.05, 0.1) is 6.04 Å². The highest BCUT2D eigenvalue weighted by Crippen LogP contribution is 2.30. The standard InChI is InChI=1S/C25H29ClN4O2/c26-19-6-3-4-17(12-19)14-27-20-13-23-25(32)28-15-21(30(23)16-20)8-9-24(31)29-11-10-18-5-1-2-7-22(18)29/h1-7,12,20-21,23,27H,8-11,13-16H2,(H,28,32)/t20-,21-,23+/m0/s1. The highest BCUT2D eigenvalue weighted by molar-refractivity contribution is 6.30. The first-order valence-corrected chi connectivity index (χ1v) is 11.9. The van der Waals surface area contributed by atoms with E-state index in [2.05, 4.69) is 27.7 Å². The number of anilines is 1. The van der Waals surface area contributed by atoms with Gasteiger partial charge in [-0.25, -0.2) is 0 Å². The number of halogens is 1. The molecule has 0 aliphatic carbocycles. The third-order valence-corrected chi connectivity index (χ3v) is 7.22. The first-order valence-electron chi connectivity index (χ1n) is 11.5. The van der Waals surface area contributed by atoms with Gasteiger partial charge in [0.25, 0.3) is 0 Å². The molecule has 0 saturated carbocycles. The van der Waals surface area contributed by atoms with E-state index >= 15 is 0 Å². The number of hydrogen-bond donors (Lipinski definition) is 2. The lowest BCUT2D eigenvalue weighted by Gasteiger charge is -2.37. The van der Waals surface area contributed by atoms with Crippen LogP contribution in [0.3, 0.4) is 0 Å². The van der Waals surface area contributed by atoms with Crippen LogP contribution in [0, 0.1) is 0 Å². The van der Waals surface area contributed by atoms with Crippen LogP contribution in [0.5, 0.6) is 0 Å². The predicted octanol–water partition coefficient (Wildman–Crippen LogP) is 2.74. The van der Waals surface area contributed by atoms with Crippen molar-refractivity contribution in [3.05, 3.63) is 64.7 Å². The van der Waals surface area contributed by atoms with Crippen LogP contribution in [0.25, 0.3) is 0 Å². The second-order valence-electron chi connectivity index (χ2n) is 9.02. The Hall–Kier alpha value is -2.41. The van der Waals surface area contributed by atoms with Gasteiger partial charge in [0, 0.05) is 55.4 Å². The highest BCUT2D eigenvalue weighted by atomic mass is 35.5. The first kappa shape index (κ1) is 21.4. The van der Waals surface area contributed by atoms with E-state index in [1.54, 1.807) is 0 Å². The summed E-state index contributed by atoms with van der Waals surface area (Å²) in [6, 6.07) is 16.3. The van der Waals surface area contributed by atoms with Crippen molar-refractivity contribution in [2.24, 2.45) is 0 Å². The Morgan fingerprint density at radius 1 is 1.19 bits per heavy atom. The number of rotatable bonds is 6. The number of benzene rings is 2. The van der Waals surface area contributed by atoms with E-state index < -0.39 is 0 Å². The minimum absolute atomic E-state index is 0.105. The molecule has 0 aromatic heterocycles. The number of carbonyl (C=O) groups excluding carboxylic acids is 2. The summed E-state index contributed by atoms with van der Waals surface area (Å²) in [6.07, 6.45) is 2.97. The summed E-state index contributed by atoms with van der Waals surface area (Å²) >= 11 is 6.09. The lowest BCUT2D eigenvalue weighted by molar-refractivity contribution is -0.129. The Kier molecular flexibility index (Phi) is 6.17. The fourth-order valence-electron chi connectivity index (χ4n) is 5.32. The molecule has 6 nitrogen and oxygen atoms in total. The molecular weight excluding hydrogens is 424 g/mol. The van der Waals surface area contributed by atoms with Crippen LogP contribution in [-0.4, -0.2) is 54.5 Å². The van der Waals surface area contributed by atoms with Gasteiger partial charge in [0.2, 0.25) is 11.8 Å². The van der Waals surface area contributed by atoms with Crippen LogP contribution in [0.2, 0.25) is 5.02 Å². The molecule has 2 fully saturated rings. The molecule has 2 N–H and O–H groups in total. The molecule has 2 aromatic carbocycles. The van der Waals surface area contributed by atoms with Crippen LogP contribution in [0.4, 0.5) is 5.69 Å². The molecular formula is C25H29ClN4O2.